The summed E-state index contributed by atoms with van der Waals surface area (Å²) in [5, 5.41) is 31.7. The third-order valence-electron chi connectivity index (χ3n) is 6.05. The molecule has 0 radical (unpaired) electrons. The zero-order chi connectivity index (χ0) is 25.5. The number of aromatic carboxylic acids is 1. The van der Waals surface area contributed by atoms with E-state index in [0.717, 1.165) is 0 Å². The van der Waals surface area contributed by atoms with Crippen LogP contribution >= 0.6 is 0 Å². The van der Waals surface area contributed by atoms with Gasteiger partial charge in [0.2, 0.25) is 0 Å². The van der Waals surface area contributed by atoms with Crippen molar-refractivity contribution in [2.45, 2.75) is 19.8 Å². The van der Waals surface area contributed by atoms with E-state index in [0.29, 0.717) is 11.4 Å². The number of aryl methyl sites for hydroxylation is 2. The average Bonchev–Trinajstić information content (AvgIpc) is 2.79. The van der Waals surface area contributed by atoms with E-state index < -0.39 is 34.5 Å². The highest BCUT2D eigenvalue weighted by Gasteiger charge is 2.34. The molecule has 34 heavy (non-hydrogen) atoms. The van der Waals surface area contributed by atoms with Gasteiger partial charge in [0.05, 0.1) is 36.8 Å². The number of carbonyl (C=O) groups is 1. The maximum atomic E-state index is 13.3. The number of rotatable bonds is 6. The van der Waals surface area contributed by atoms with Crippen molar-refractivity contribution in [2.24, 2.45) is 14.1 Å². The fourth-order valence-corrected chi connectivity index (χ4v) is 3.96. The van der Waals surface area contributed by atoms with Crippen molar-refractivity contribution in [1.82, 2.24) is 9.13 Å². The predicted molar refractivity (Wildman–Crippen MR) is 124 cm³/mol. The molecule has 2 aromatic heterocycles. The van der Waals surface area contributed by atoms with Gasteiger partial charge in [0, 0.05) is 25.5 Å². The Morgan fingerprint density at radius 1 is 0.824 bits per heavy atom. The lowest BCUT2D eigenvalue weighted by Gasteiger charge is -2.24. The van der Waals surface area contributed by atoms with Crippen molar-refractivity contribution in [3.8, 4) is 23.0 Å². The molecule has 0 amide bonds. The largest absolute Gasteiger partial charge is 0.507 e. The topological polar surface area (TPSA) is 140 Å². The molecule has 1 aromatic carbocycles. The third-order valence-corrected chi connectivity index (χ3v) is 6.05. The molecule has 2 heterocycles. The Labute approximate surface area is 194 Å². The van der Waals surface area contributed by atoms with E-state index in [1.807, 2.05) is 0 Å². The van der Waals surface area contributed by atoms with E-state index in [4.69, 9.17) is 9.47 Å². The normalized spacial score (nSPS) is 11.0. The molecule has 0 atom stereocenters. The monoisotopic (exact) mass is 470 g/mol. The zero-order valence-corrected chi connectivity index (χ0v) is 19.7. The first-order chi connectivity index (χ1) is 15.9. The van der Waals surface area contributed by atoms with Crippen molar-refractivity contribution in [3.05, 3.63) is 78.6 Å². The van der Waals surface area contributed by atoms with Gasteiger partial charge >= 0.3 is 5.97 Å². The summed E-state index contributed by atoms with van der Waals surface area (Å²) >= 11 is 0. The second-order valence-electron chi connectivity index (χ2n) is 7.93. The molecule has 3 N–H and O–H groups in total. The Morgan fingerprint density at radius 2 is 1.24 bits per heavy atom. The summed E-state index contributed by atoms with van der Waals surface area (Å²) in [4.78, 5) is 38.9. The van der Waals surface area contributed by atoms with Crippen molar-refractivity contribution in [3.63, 3.8) is 0 Å². The molecule has 10 nitrogen and oxygen atoms in total. The van der Waals surface area contributed by atoms with Gasteiger partial charge < -0.3 is 33.9 Å². The number of carboxylic acids is 1. The minimum absolute atomic E-state index is 0.0438. The molecular weight excluding hydrogens is 444 g/mol. The first-order valence-electron chi connectivity index (χ1n) is 10.2. The summed E-state index contributed by atoms with van der Waals surface area (Å²) in [5.74, 6) is -3.45. The van der Waals surface area contributed by atoms with E-state index in [1.54, 1.807) is 13.8 Å². The quantitative estimate of drug-likeness (QED) is 0.497. The number of hydrogen-bond donors (Lipinski definition) is 3. The van der Waals surface area contributed by atoms with E-state index in [-0.39, 0.29) is 33.8 Å². The van der Waals surface area contributed by atoms with Crippen LogP contribution in [0.5, 0.6) is 23.0 Å². The minimum atomic E-state index is -1.44. The van der Waals surface area contributed by atoms with Gasteiger partial charge in [0.25, 0.3) is 11.1 Å². The molecule has 0 bridgehead atoms. The van der Waals surface area contributed by atoms with Crippen molar-refractivity contribution >= 4 is 5.97 Å². The second-order valence-corrected chi connectivity index (χ2v) is 7.93. The van der Waals surface area contributed by atoms with Crippen LogP contribution in [0.4, 0.5) is 0 Å². The lowest BCUT2D eigenvalue weighted by molar-refractivity contribution is 0.0695. The number of pyridine rings is 2. The summed E-state index contributed by atoms with van der Waals surface area (Å²) < 4.78 is 13.1. The van der Waals surface area contributed by atoms with Crippen LogP contribution in [0.1, 0.15) is 44.4 Å². The molecule has 3 rings (SSSR count). The molecular formula is C24H26N2O8. The summed E-state index contributed by atoms with van der Waals surface area (Å²) in [7, 11) is 5.65. The number of benzene rings is 1. The van der Waals surface area contributed by atoms with Gasteiger partial charge in [0.15, 0.2) is 11.5 Å². The maximum Gasteiger partial charge on any atom is 0.336 e. The molecule has 0 aliphatic heterocycles. The van der Waals surface area contributed by atoms with Crippen LogP contribution in [-0.4, -0.2) is 44.6 Å². The number of ether oxygens (including phenoxy) is 2. The first-order valence-corrected chi connectivity index (χ1v) is 10.2. The molecule has 0 aliphatic carbocycles. The maximum absolute atomic E-state index is 13.3. The highest BCUT2D eigenvalue weighted by Crippen LogP contribution is 2.42. The Morgan fingerprint density at radius 3 is 1.62 bits per heavy atom. The molecule has 0 saturated carbocycles. The van der Waals surface area contributed by atoms with Gasteiger partial charge in [-0.1, -0.05) is 0 Å². The Balaban J connectivity index is 2.60. The van der Waals surface area contributed by atoms with Crippen LogP contribution in [0.3, 0.4) is 0 Å². The number of carboxylic acid groups (broad SMARTS) is 1. The highest BCUT2D eigenvalue weighted by molar-refractivity contribution is 5.91. The zero-order valence-electron chi connectivity index (χ0n) is 19.7. The lowest BCUT2D eigenvalue weighted by atomic mass is 9.82. The van der Waals surface area contributed by atoms with Gasteiger partial charge in [-0.25, -0.2) is 4.79 Å². The van der Waals surface area contributed by atoms with Crippen molar-refractivity contribution in [2.75, 3.05) is 14.2 Å². The molecule has 3 aromatic rings. The molecule has 0 saturated heterocycles. The number of aromatic nitrogens is 2. The van der Waals surface area contributed by atoms with Crippen LogP contribution < -0.4 is 20.6 Å². The van der Waals surface area contributed by atoms with Crippen molar-refractivity contribution < 1.29 is 29.6 Å². The van der Waals surface area contributed by atoms with Gasteiger partial charge in [-0.3, -0.25) is 9.59 Å². The Kier molecular flexibility index (Phi) is 6.45. The minimum Gasteiger partial charge on any atom is -0.507 e. The second kappa shape index (κ2) is 8.97. The van der Waals surface area contributed by atoms with Gasteiger partial charge in [-0.15, -0.1) is 0 Å². The Bertz CT molecular complexity index is 1350. The average molecular weight is 470 g/mol. The van der Waals surface area contributed by atoms with Crippen LogP contribution in [0, 0.1) is 13.8 Å². The fraction of sp³-hybridized carbons (Fsp3) is 0.292. The Hall–Kier alpha value is -4.21. The number of methoxy groups -OCH3 is 2. The molecule has 0 fully saturated rings. The third kappa shape index (κ3) is 3.87. The van der Waals surface area contributed by atoms with Gasteiger partial charge in [0.1, 0.15) is 11.5 Å². The van der Waals surface area contributed by atoms with E-state index in [9.17, 15) is 29.7 Å². The van der Waals surface area contributed by atoms with Crippen LogP contribution in [0.2, 0.25) is 0 Å². The standard InChI is InChI=1S/C24H26N2O8/c1-11-7-15(27)20(22(29)25(11)3)19(21-16(28)8-12(2)26(4)23(21)30)13-9-17(33-5)18(34-6)10-14(13)24(31)32/h7-10,19,27-28H,1-6H3,(H,31,32). The number of aromatic hydroxyl groups is 2. The molecule has 180 valence electrons. The van der Waals surface area contributed by atoms with Gasteiger partial charge in [-0.05, 0) is 43.7 Å². The van der Waals surface area contributed by atoms with E-state index in [2.05, 4.69) is 0 Å². The van der Waals surface area contributed by atoms with Crippen LogP contribution in [0.25, 0.3) is 0 Å². The number of hydrogen-bond acceptors (Lipinski definition) is 7. The molecule has 0 unspecified atom stereocenters. The fourth-order valence-electron chi connectivity index (χ4n) is 3.96. The molecule has 0 aliphatic rings. The highest BCUT2D eigenvalue weighted by atomic mass is 16.5. The van der Waals surface area contributed by atoms with E-state index in [1.165, 1.54) is 61.7 Å². The lowest BCUT2D eigenvalue weighted by Crippen LogP contribution is -2.31. The van der Waals surface area contributed by atoms with Crippen LogP contribution in [0.15, 0.2) is 33.9 Å². The summed E-state index contributed by atoms with van der Waals surface area (Å²) in [5.41, 5.74) is -1.30. The predicted octanol–water partition coefficient (Wildman–Crippen LogP) is 2.01. The summed E-state index contributed by atoms with van der Waals surface area (Å²) in [6, 6.07) is 5.20. The smallest absolute Gasteiger partial charge is 0.336 e. The number of nitrogens with zero attached hydrogens (tertiary/aromatic N) is 2. The van der Waals surface area contributed by atoms with Gasteiger partial charge in [-0.2, -0.15) is 0 Å². The van der Waals surface area contributed by atoms with Crippen LogP contribution in [-0.2, 0) is 14.1 Å². The molecule has 0 spiro atoms. The first kappa shape index (κ1) is 24.4. The van der Waals surface area contributed by atoms with Crippen molar-refractivity contribution in [1.29, 1.82) is 0 Å². The van der Waals surface area contributed by atoms with E-state index >= 15 is 0 Å². The summed E-state index contributed by atoms with van der Waals surface area (Å²) in [6.07, 6.45) is 0. The SMILES string of the molecule is COc1cc(C(=O)O)c(C(c2c(O)cc(C)n(C)c2=O)c2c(O)cc(C)n(C)c2=O)cc1OC. The summed E-state index contributed by atoms with van der Waals surface area (Å²) in [6.45, 7) is 3.22. The molecule has 10 heteroatoms.